The smallest absolute Gasteiger partial charge is 0.0670 e. The molecule has 1 saturated heterocycles. The van der Waals surface area contributed by atoms with Crippen molar-refractivity contribution in [1.29, 1.82) is 0 Å². The molecular formula is C16H27N3O. The number of nitrogens with one attached hydrogen (secondary N) is 1. The summed E-state index contributed by atoms with van der Waals surface area (Å²) in [5.74, 6) is 0. The van der Waals surface area contributed by atoms with Gasteiger partial charge < -0.3 is 15.0 Å². The molecule has 4 nitrogen and oxygen atoms in total. The summed E-state index contributed by atoms with van der Waals surface area (Å²) >= 11 is 0. The van der Waals surface area contributed by atoms with Gasteiger partial charge >= 0.3 is 0 Å². The van der Waals surface area contributed by atoms with Gasteiger partial charge in [0.15, 0.2) is 0 Å². The summed E-state index contributed by atoms with van der Waals surface area (Å²) in [6, 6.07) is 4.79. The first-order valence-corrected chi connectivity index (χ1v) is 7.54. The Balaban J connectivity index is 2.08. The summed E-state index contributed by atoms with van der Waals surface area (Å²) in [5.41, 5.74) is 2.47. The Bertz CT molecular complexity index is 428. The van der Waals surface area contributed by atoms with Crippen LogP contribution in [0.5, 0.6) is 0 Å². The van der Waals surface area contributed by atoms with E-state index in [1.54, 1.807) is 0 Å². The summed E-state index contributed by atoms with van der Waals surface area (Å²) in [4.78, 5) is 6.92. The molecule has 1 aliphatic heterocycles. The van der Waals surface area contributed by atoms with Gasteiger partial charge in [-0.2, -0.15) is 0 Å². The van der Waals surface area contributed by atoms with Gasteiger partial charge in [0.2, 0.25) is 0 Å². The Kier molecular flexibility index (Phi) is 5.00. The van der Waals surface area contributed by atoms with Gasteiger partial charge in [0.25, 0.3) is 0 Å². The number of aromatic nitrogens is 1. The first kappa shape index (κ1) is 15.3. The van der Waals surface area contributed by atoms with Crippen LogP contribution in [0.3, 0.4) is 0 Å². The van der Waals surface area contributed by atoms with Crippen molar-refractivity contribution < 1.29 is 4.74 Å². The molecule has 1 atom stereocenters. The first-order valence-electron chi connectivity index (χ1n) is 7.54. The molecule has 1 aromatic rings. The maximum atomic E-state index is 5.58. The largest absolute Gasteiger partial charge is 0.377 e. The molecule has 0 saturated carbocycles. The fourth-order valence-corrected chi connectivity index (χ4v) is 2.43. The van der Waals surface area contributed by atoms with Crippen LogP contribution in [0.4, 0.5) is 5.69 Å². The van der Waals surface area contributed by atoms with Gasteiger partial charge in [0.05, 0.1) is 24.9 Å². The van der Waals surface area contributed by atoms with E-state index in [-0.39, 0.29) is 5.54 Å². The average molecular weight is 277 g/mol. The Morgan fingerprint density at radius 3 is 2.95 bits per heavy atom. The predicted octanol–water partition coefficient (Wildman–Crippen LogP) is 2.58. The minimum atomic E-state index is 0.114. The van der Waals surface area contributed by atoms with Crippen LogP contribution < -0.4 is 10.2 Å². The van der Waals surface area contributed by atoms with Crippen LogP contribution in [0.15, 0.2) is 18.3 Å². The lowest BCUT2D eigenvalue weighted by atomic mass is 10.1. The fourth-order valence-electron chi connectivity index (χ4n) is 2.43. The van der Waals surface area contributed by atoms with Gasteiger partial charge in [-0.05, 0) is 39.3 Å². The number of morpholine rings is 1. The molecule has 0 spiro atoms. The van der Waals surface area contributed by atoms with E-state index in [4.69, 9.17) is 4.74 Å². The van der Waals surface area contributed by atoms with Crippen molar-refractivity contribution in [3.05, 3.63) is 24.0 Å². The molecule has 1 unspecified atom stereocenters. The molecule has 20 heavy (non-hydrogen) atoms. The van der Waals surface area contributed by atoms with Gasteiger partial charge in [0, 0.05) is 30.5 Å². The molecule has 1 aromatic heterocycles. The molecule has 0 aliphatic carbocycles. The van der Waals surface area contributed by atoms with Gasteiger partial charge in [-0.25, -0.2) is 0 Å². The van der Waals surface area contributed by atoms with Crippen LogP contribution in [0.25, 0.3) is 0 Å². The molecule has 1 fully saturated rings. The third-order valence-electron chi connectivity index (χ3n) is 3.63. The number of nitrogens with zero attached hydrogens (tertiary/aromatic N) is 2. The topological polar surface area (TPSA) is 37.4 Å². The molecule has 0 aromatic carbocycles. The van der Waals surface area contributed by atoms with E-state index >= 15 is 0 Å². The number of hydrogen-bond donors (Lipinski definition) is 1. The maximum absolute atomic E-state index is 5.58. The highest BCUT2D eigenvalue weighted by atomic mass is 16.5. The normalized spacial score (nSPS) is 20.2. The quantitative estimate of drug-likeness (QED) is 0.918. The van der Waals surface area contributed by atoms with Crippen molar-refractivity contribution in [3.8, 4) is 0 Å². The third kappa shape index (κ3) is 4.18. The molecular weight excluding hydrogens is 250 g/mol. The van der Waals surface area contributed by atoms with Crippen molar-refractivity contribution in [3.63, 3.8) is 0 Å². The molecule has 2 rings (SSSR count). The second kappa shape index (κ2) is 6.55. The molecule has 0 amide bonds. The van der Waals surface area contributed by atoms with E-state index in [1.807, 2.05) is 6.20 Å². The summed E-state index contributed by atoms with van der Waals surface area (Å²) in [5, 5.41) is 3.49. The Labute approximate surface area is 122 Å². The highest BCUT2D eigenvalue weighted by Crippen LogP contribution is 2.21. The molecule has 0 bridgehead atoms. The standard InChI is InChI=1S/C16H27N3O/c1-5-14-12-20-9-8-19(14)15-6-7-17-13(10-15)11-18-16(2,3)4/h6-7,10,14,18H,5,8-9,11-12H2,1-4H3. The third-order valence-corrected chi connectivity index (χ3v) is 3.63. The fraction of sp³-hybridized carbons (Fsp3) is 0.688. The summed E-state index contributed by atoms with van der Waals surface area (Å²) in [6.07, 6.45) is 3.02. The lowest BCUT2D eigenvalue weighted by Gasteiger charge is -2.37. The van der Waals surface area contributed by atoms with Crippen LogP contribution in [0.1, 0.15) is 39.8 Å². The molecule has 112 valence electrons. The summed E-state index contributed by atoms with van der Waals surface area (Å²) in [7, 11) is 0. The van der Waals surface area contributed by atoms with E-state index in [0.29, 0.717) is 6.04 Å². The highest BCUT2D eigenvalue weighted by molar-refractivity contribution is 5.48. The van der Waals surface area contributed by atoms with Crippen LogP contribution in [0, 0.1) is 0 Å². The highest BCUT2D eigenvalue weighted by Gasteiger charge is 2.22. The number of pyridine rings is 1. The van der Waals surface area contributed by atoms with Crippen LogP contribution >= 0.6 is 0 Å². The number of hydrogen-bond acceptors (Lipinski definition) is 4. The lowest BCUT2D eigenvalue weighted by molar-refractivity contribution is 0.0930. The van der Waals surface area contributed by atoms with Gasteiger partial charge in [-0.3, -0.25) is 4.98 Å². The zero-order chi connectivity index (χ0) is 14.6. The average Bonchev–Trinajstić information content (AvgIpc) is 2.45. The predicted molar refractivity (Wildman–Crippen MR) is 83.1 cm³/mol. The van der Waals surface area contributed by atoms with Gasteiger partial charge in [-0.1, -0.05) is 6.92 Å². The van der Waals surface area contributed by atoms with Crippen molar-refractivity contribution >= 4 is 5.69 Å². The maximum Gasteiger partial charge on any atom is 0.0670 e. The lowest BCUT2D eigenvalue weighted by Crippen LogP contribution is -2.45. The minimum Gasteiger partial charge on any atom is -0.377 e. The Morgan fingerprint density at radius 2 is 2.25 bits per heavy atom. The van der Waals surface area contributed by atoms with E-state index in [9.17, 15) is 0 Å². The second-order valence-electron chi connectivity index (χ2n) is 6.44. The van der Waals surface area contributed by atoms with Crippen LogP contribution in [-0.4, -0.2) is 36.3 Å². The molecule has 4 heteroatoms. The van der Waals surface area contributed by atoms with Gasteiger partial charge in [-0.15, -0.1) is 0 Å². The number of rotatable bonds is 4. The number of anilines is 1. The minimum absolute atomic E-state index is 0.114. The second-order valence-corrected chi connectivity index (χ2v) is 6.44. The van der Waals surface area contributed by atoms with E-state index in [0.717, 1.165) is 38.4 Å². The Morgan fingerprint density at radius 1 is 1.45 bits per heavy atom. The van der Waals surface area contributed by atoms with Crippen LogP contribution in [0.2, 0.25) is 0 Å². The SMILES string of the molecule is CCC1COCCN1c1ccnc(CNC(C)(C)C)c1. The van der Waals surface area contributed by atoms with Crippen molar-refractivity contribution in [2.24, 2.45) is 0 Å². The zero-order valence-electron chi connectivity index (χ0n) is 13.1. The Hall–Kier alpha value is -1.13. The summed E-state index contributed by atoms with van der Waals surface area (Å²) in [6.45, 7) is 12.1. The van der Waals surface area contributed by atoms with Crippen LogP contribution in [-0.2, 0) is 11.3 Å². The van der Waals surface area contributed by atoms with Crippen molar-refractivity contribution in [2.75, 3.05) is 24.7 Å². The summed E-state index contributed by atoms with van der Waals surface area (Å²) < 4.78 is 5.58. The zero-order valence-corrected chi connectivity index (χ0v) is 13.1. The monoisotopic (exact) mass is 277 g/mol. The number of ether oxygens (including phenoxy) is 1. The van der Waals surface area contributed by atoms with Crippen molar-refractivity contribution in [2.45, 2.75) is 52.2 Å². The molecule has 1 N–H and O–H groups in total. The molecule has 0 radical (unpaired) electrons. The van der Waals surface area contributed by atoms with Gasteiger partial charge in [0.1, 0.15) is 0 Å². The molecule has 2 heterocycles. The molecule has 1 aliphatic rings. The van der Waals surface area contributed by atoms with E-state index in [2.05, 4.69) is 55.0 Å². The van der Waals surface area contributed by atoms with Crippen molar-refractivity contribution in [1.82, 2.24) is 10.3 Å². The first-order chi connectivity index (χ1) is 9.49. The van der Waals surface area contributed by atoms with E-state index < -0.39 is 0 Å². The van der Waals surface area contributed by atoms with E-state index in [1.165, 1.54) is 5.69 Å².